The molecule has 0 radical (unpaired) electrons. The van der Waals surface area contributed by atoms with Gasteiger partial charge in [0.15, 0.2) is 11.0 Å². The molecule has 1 N–H and O–H groups in total. The van der Waals surface area contributed by atoms with Gasteiger partial charge in [0.2, 0.25) is 5.91 Å². The number of hydrogen-bond donors (Lipinski definition) is 1. The third-order valence-electron chi connectivity index (χ3n) is 5.04. The number of rotatable bonds is 8. The third-order valence-corrected chi connectivity index (χ3v) is 6.08. The lowest BCUT2D eigenvalue weighted by molar-refractivity contribution is -0.135. The van der Waals surface area contributed by atoms with E-state index < -0.39 is 0 Å². The van der Waals surface area contributed by atoms with Gasteiger partial charge in [-0.25, -0.2) is 0 Å². The average molecular weight is 415 g/mol. The van der Waals surface area contributed by atoms with Gasteiger partial charge in [-0.1, -0.05) is 47.7 Å². The number of aromatic nitrogens is 3. The maximum absolute atomic E-state index is 12.6. The second-order valence-electron chi connectivity index (χ2n) is 8.09. The molecule has 2 aromatic rings. The van der Waals surface area contributed by atoms with Gasteiger partial charge in [-0.3, -0.25) is 4.79 Å². The standard InChI is InChI=1S/C22H30N4O2S/c1-5-10-26-19(14-23-20(27)18-9-11-28-22(3,4)13-18)24-25-21(26)29-15-17-8-6-7-16(2)12-17/h5-8,12,18H,1,9-11,13-15H2,2-4H3,(H,23,27)/t18-/m1/s1. The first-order valence-electron chi connectivity index (χ1n) is 10.0. The van der Waals surface area contributed by atoms with E-state index in [-0.39, 0.29) is 17.4 Å². The first-order chi connectivity index (χ1) is 13.9. The van der Waals surface area contributed by atoms with Gasteiger partial charge in [-0.05, 0) is 39.2 Å². The van der Waals surface area contributed by atoms with Crippen molar-refractivity contribution in [2.45, 2.75) is 63.2 Å². The van der Waals surface area contributed by atoms with E-state index in [0.29, 0.717) is 19.7 Å². The van der Waals surface area contributed by atoms with E-state index in [9.17, 15) is 4.79 Å². The van der Waals surface area contributed by atoms with Crippen molar-refractivity contribution in [2.75, 3.05) is 6.61 Å². The highest BCUT2D eigenvalue weighted by Crippen LogP contribution is 2.28. The summed E-state index contributed by atoms with van der Waals surface area (Å²) < 4.78 is 7.73. The Labute approximate surface area is 177 Å². The summed E-state index contributed by atoms with van der Waals surface area (Å²) in [5, 5.41) is 12.5. The van der Waals surface area contributed by atoms with Crippen molar-refractivity contribution in [3.8, 4) is 0 Å². The quantitative estimate of drug-likeness (QED) is 0.524. The fraction of sp³-hybridized carbons (Fsp3) is 0.500. The van der Waals surface area contributed by atoms with E-state index in [1.807, 2.05) is 24.5 Å². The molecule has 1 aliphatic heterocycles. The highest BCUT2D eigenvalue weighted by atomic mass is 32.2. The van der Waals surface area contributed by atoms with Crippen LogP contribution in [0.3, 0.4) is 0 Å². The van der Waals surface area contributed by atoms with Crippen molar-refractivity contribution >= 4 is 17.7 Å². The maximum Gasteiger partial charge on any atom is 0.223 e. The molecule has 1 aliphatic rings. The topological polar surface area (TPSA) is 69.0 Å². The van der Waals surface area contributed by atoms with Gasteiger partial charge in [0.25, 0.3) is 0 Å². The molecular formula is C22H30N4O2S. The lowest BCUT2D eigenvalue weighted by Gasteiger charge is -2.34. The second kappa shape index (κ2) is 9.59. The van der Waals surface area contributed by atoms with Crippen LogP contribution >= 0.6 is 11.8 Å². The maximum atomic E-state index is 12.6. The zero-order chi connectivity index (χ0) is 20.9. The summed E-state index contributed by atoms with van der Waals surface area (Å²) in [7, 11) is 0. The Bertz CT molecular complexity index is 862. The molecule has 0 saturated carbocycles. The summed E-state index contributed by atoms with van der Waals surface area (Å²) in [4.78, 5) is 12.6. The number of aryl methyl sites for hydroxylation is 1. The third kappa shape index (κ3) is 5.93. The summed E-state index contributed by atoms with van der Waals surface area (Å²) in [6.07, 6.45) is 3.31. The Morgan fingerprint density at radius 3 is 3.00 bits per heavy atom. The van der Waals surface area contributed by atoms with Crippen LogP contribution in [0.5, 0.6) is 0 Å². The Hall–Kier alpha value is -2.12. The monoisotopic (exact) mass is 414 g/mol. The van der Waals surface area contributed by atoms with E-state index in [1.165, 1.54) is 11.1 Å². The Morgan fingerprint density at radius 2 is 2.28 bits per heavy atom. The van der Waals surface area contributed by atoms with E-state index in [4.69, 9.17) is 4.74 Å². The number of carbonyl (C=O) groups is 1. The molecule has 7 heteroatoms. The smallest absolute Gasteiger partial charge is 0.223 e. The largest absolute Gasteiger partial charge is 0.376 e. The average Bonchev–Trinajstić information content (AvgIpc) is 3.06. The molecule has 6 nitrogen and oxygen atoms in total. The number of thioether (sulfide) groups is 1. The molecule has 2 heterocycles. The number of allylic oxidation sites excluding steroid dienone is 1. The van der Waals surface area contributed by atoms with Gasteiger partial charge in [0, 0.05) is 24.8 Å². The van der Waals surface area contributed by atoms with E-state index in [2.05, 4.69) is 53.3 Å². The SMILES string of the molecule is C=CCn1c(CNC(=O)[C@@H]2CCOC(C)(C)C2)nnc1SCc1cccc(C)c1. The lowest BCUT2D eigenvalue weighted by Crippen LogP contribution is -2.41. The molecule has 3 rings (SSSR count). The minimum atomic E-state index is -0.247. The highest BCUT2D eigenvalue weighted by Gasteiger charge is 2.32. The summed E-state index contributed by atoms with van der Waals surface area (Å²) in [6, 6.07) is 8.45. The number of ether oxygens (including phenoxy) is 1. The summed E-state index contributed by atoms with van der Waals surface area (Å²) in [6.45, 7) is 11.6. The summed E-state index contributed by atoms with van der Waals surface area (Å²) >= 11 is 1.64. The fourth-order valence-electron chi connectivity index (χ4n) is 3.58. The van der Waals surface area contributed by atoms with Crippen LogP contribution in [0.4, 0.5) is 0 Å². The first-order valence-corrected chi connectivity index (χ1v) is 11.0. The summed E-state index contributed by atoms with van der Waals surface area (Å²) in [5.74, 6) is 1.60. The molecule has 1 atom stereocenters. The number of amides is 1. The fourth-order valence-corrected chi connectivity index (χ4v) is 4.49. The van der Waals surface area contributed by atoms with Crippen molar-refractivity contribution in [3.63, 3.8) is 0 Å². The van der Waals surface area contributed by atoms with Crippen LogP contribution in [0.2, 0.25) is 0 Å². The Kier molecular flexibility index (Phi) is 7.14. The van der Waals surface area contributed by atoms with E-state index >= 15 is 0 Å². The molecular weight excluding hydrogens is 384 g/mol. The lowest BCUT2D eigenvalue weighted by atomic mass is 9.88. The number of hydrogen-bond acceptors (Lipinski definition) is 5. The molecule has 156 valence electrons. The van der Waals surface area contributed by atoms with Gasteiger partial charge >= 0.3 is 0 Å². The molecule has 0 aliphatic carbocycles. The predicted octanol–water partition coefficient (Wildman–Crippen LogP) is 3.89. The van der Waals surface area contributed by atoms with Crippen molar-refractivity contribution in [1.82, 2.24) is 20.1 Å². The molecule has 0 spiro atoms. The molecule has 0 unspecified atom stereocenters. The van der Waals surface area contributed by atoms with Gasteiger partial charge in [0.1, 0.15) is 0 Å². The van der Waals surface area contributed by atoms with Crippen molar-refractivity contribution < 1.29 is 9.53 Å². The van der Waals surface area contributed by atoms with Gasteiger partial charge in [-0.15, -0.1) is 16.8 Å². The van der Waals surface area contributed by atoms with Gasteiger partial charge in [-0.2, -0.15) is 0 Å². The van der Waals surface area contributed by atoms with Crippen LogP contribution in [-0.2, 0) is 28.4 Å². The van der Waals surface area contributed by atoms with Crippen LogP contribution in [0, 0.1) is 12.8 Å². The zero-order valence-electron chi connectivity index (χ0n) is 17.5. The molecule has 1 saturated heterocycles. The zero-order valence-corrected chi connectivity index (χ0v) is 18.3. The van der Waals surface area contributed by atoms with E-state index in [1.54, 1.807) is 11.8 Å². The van der Waals surface area contributed by atoms with E-state index in [0.717, 1.165) is 29.6 Å². The molecule has 29 heavy (non-hydrogen) atoms. The number of nitrogens with zero attached hydrogens (tertiary/aromatic N) is 3. The predicted molar refractivity (Wildman–Crippen MR) is 116 cm³/mol. The van der Waals surface area contributed by atoms with Crippen LogP contribution in [0.15, 0.2) is 42.1 Å². The van der Waals surface area contributed by atoms with Crippen molar-refractivity contribution in [2.24, 2.45) is 5.92 Å². The summed E-state index contributed by atoms with van der Waals surface area (Å²) in [5.41, 5.74) is 2.25. The van der Waals surface area contributed by atoms with Crippen LogP contribution in [0.1, 0.15) is 43.6 Å². The van der Waals surface area contributed by atoms with Crippen molar-refractivity contribution in [3.05, 3.63) is 53.9 Å². The second-order valence-corrected chi connectivity index (χ2v) is 9.03. The Balaban J connectivity index is 1.62. The Morgan fingerprint density at radius 1 is 1.45 bits per heavy atom. The highest BCUT2D eigenvalue weighted by molar-refractivity contribution is 7.98. The minimum Gasteiger partial charge on any atom is -0.376 e. The molecule has 1 aromatic carbocycles. The molecule has 1 aromatic heterocycles. The van der Waals surface area contributed by atoms with Gasteiger partial charge in [0.05, 0.1) is 12.1 Å². The normalized spacial score (nSPS) is 18.4. The van der Waals surface area contributed by atoms with Crippen LogP contribution in [-0.4, -0.2) is 32.9 Å². The first kappa shape index (κ1) is 21.6. The van der Waals surface area contributed by atoms with Crippen LogP contribution < -0.4 is 5.32 Å². The number of benzene rings is 1. The van der Waals surface area contributed by atoms with Gasteiger partial charge < -0.3 is 14.6 Å². The van der Waals surface area contributed by atoms with Crippen LogP contribution in [0.25, 0.3) is 0 Å². The number of carbonyl (C=O) groups excluding carboxylic acids is 1. The molecule has 1 fully saturated rings. The number of nitrogens with one attached hydrogen (secondary N) is 1. The minimum absolute atomic E-state index is 0.0234. The van der Waals surface area contributed by atoms with Crippen molar-refractivity contribution in [1.29, 1.82) is 0 Å². The molecule has 0 bridgehead atoms. The molecule has 1 amide bonds.